The van der Waals surface area contributed by atoms with Crippen molar-refractivity contribution < 1.29 is 19.0 Å². The monoisotopic (exact) mass is 492 g/mol. The summed E-state index contributed by atoms with van der Waals surface area (Å²) in [5.41, 5.74) is 1.99. The zero-order valence-electron chi connectivity index (χ0n) is 20.2. The Morgan fingerprint density at radius 3 is 2.66 bits per heavy atom. The van der Waals surface area contributed by atoms with Crippen LogP contribution < -0.4 is 14.2 Å². The molecule has 0 atom stereocenters. The Morgan fingerprint density at radius 1 is 1.11 bits per heavy atom. The minimum Gasteiger partial charge on any atom is -0.493 e. The van der Waals surface area contributed by atoms with E-state index in [9.17, 15) is 4.79 Å². The van der Waals surface area contributed by atoms with Gasteiger partial charge < -0.3 is 14.2 Å². The summed E-state index contributed by atoms with van der Waals surface area (Å²) in [5, 5.41) is 15.7. The van der Waals surface area contributed by atoms with Gasteiger partial charge in [-0.25, -0.2) is 0 Å². The molecule has 182 valence electrons. The van der Waals surface area contributed by atoms with Crippen molar-refractivity contribution in [3.8, 4) is 17.2 Å². The molecule has 9 heteroatoms. The van der Waals surface area contributed by atoms with Gasteiger partial charge in [0.05, 0.1) is 12.7 Å². The topological polar surface area (TPSA) is 96.6 Å². The van der Waals surface area contributed by atoms with Crippen molar-refractivity contribution in [2.24, 2.45) is 16.0 Å². The smallest absolute Gasteiger partial charge is 0.283 e. The maximum Gasteiger partial charge on any atom is 0.283 e. The lowest BCUT2D eigenvalue weighted by Crippen LogP contribution is -2.35. The Labute approximate surface area is 209 Å². The molecule has 1 amide bonds. The quantitative estimate of drug-likeness (QED) is 0.385. The zero-order valence-corrected chi connectivity index (χ0v) is 21.0. The highest BCUT2D eigenvalue weighted by atomic mass is 32.2. The minimum atomic E-state index is -0.456. The van der Waals surface area contributed by atoms with Gasteiger partial charge in [-0.15, -0.1) is 0 Å². The largest absolute Gasteiger partial charge is 0.493 e. The number of hydrogen-bond acceptors (Lipinski definition) is 7. The van der Waals surface area contributed by atoms with Crippen molar-refractivity contribution in [2.75, 3.05) is 20.3 Å². The van der Waals surface area contributed by atoms with E-state index >= 15 is 0 Å². The summed E-state index contributed by atoms with van der Waals surface area (Å²) >= 11 is 1.35. The number of hydrogen-bond donors (Lipinski definition) is 1. The summed E-state index contributed by atoms with van der Waals surface area (Å²) < 4.78 is 17.0. The van der Waals surface area contributed by atoms with Gasteiger partial charge in [0.25, 0.3) is 5.91 Å². The number of thioether (sulfide) groups is 1. The summed E-state index contributed by atoms with van der Waals surface area (Å²) in [6.45, 7) is 6.94. The number of aryl methyl sites for hydroxylation is 1. The Kier molecular flexibility index (Phi) is 7.55. The fraction of sp³-hybridized carbons (Fsp3) is 0.308. The second-order valence-electron chi connectivity index (χ2n) is 8.54. The number of amidine groups is 2. The first-order chi connectivity index (χ1) is 16.8. The Bertz CT molecular complexity index is 1240. The van der Waals surface area contributed by atoms with Gasteiger partial charge in [-0.2, -0.15) is 15.1 Å². The van der Waals surface area contributed by atoms with Crippen LogP contribution in [0.25, 0.3) is 6.08 Å². The summed E-state index contributed by atoms with van der Waals surface area (Å²) in [5.74, 6) is 1.85. The number of amides is 1. The van der Waals surface area contributed by atoms with Crippen LogP contribution in [0.2, 0.25) is 0 Å². The van der Waals surface area contributed by atoms with E-state index in [1.54, 1.807) is 31.4 Å². The van der Waals surface area contributed by atoms with Crippen LogP contribution in [0, 0.1) is 18.3 Å². The number of rotatable bonds is 9. The van der Waals surface area contributed by atoms with Crippen molar-refractivity contribution in [3.05, 3.63) is 59.2 Å². The minimum absolute atomic E-state index is 0.0128. The molecule has 0 saturated heterocycles. The van der Waals surface area contributed by atoms with E-state index in [2.05, 4.69) is 23.9 Å². The van der Waals surface area contributed by atoms with Gasteiger partial charge in [-0.3, -0.25) is 10.2 Å². The summed E-state index contributed by atoms with van der Waals surface area (Å²) in [6.07, 6.45) is 2.40. The lowest BCUT2D eigenvalue weighted by atomic mass is 10.1. The fourth-order valence-corrected chi connectivity index (χ4v) is 4.64. The highest BCUT2D eigenvalue weighted by Crippen LogP contribution is 2.32. The Morgan fingerprint density at radius 2 is 1.91 bits per heavy atom. The lowest BCUT2D eigenvalue weighted by molar-refractivity contribution is -0.114. The molecule has 35 heavy (non-hydrogen) atoms. The van der Waals surface area contributed by atoms with Crippen LogP contribution in [0.3, 0.4) is 0 Å². The highest BCUT2D eigenvalue weighted by Gasteiger charge is 2.35. The molecule has 0 fully saturated rings. The van der Waals surface area contributed by atoms with E-state index in [1.807, 2.05) is 31.2 Å². The molecular weight excluding hydrogens is 464 g/mol. The number of nitrogens with zero attached hydrogens (tertiary/aromatic N) is 3. The molecule has 1 N–H and O–H groups in total. The molecule has 2 aromatic carbocycles. The Balaban J connectivity index is 1.44. The molecule has 4 rings (SSSR count). The molecule has 0 aliphatic carbocycles. The highest BCUT2D eigenvalue weighted by molar-refractivity contribution is 8.26. The molecule has 0 unspecified atom stereocenters. The first kappa shape index (κ1) is 24.5. The number of nitrogens with one attached hydrogen (secondary N) is 1. The average Bonchev–Trinajstić information content (AvgIpc) is 3.21. The van der Waals surface area contributed by atoms with E-state index in [1.165, 1.54) is 16.8 Å². The number of aliphatic imine (C=N–C) groups is 1. The molecule has 2 aliphatic heterocycles. The van der Waals surface area contributed by atoms with Gasteiger partial charge in [0, 0.05) is 6.42 Å². The van der Waals surface area contributed by atoms with Crippen molar-refractivity contribution in [1.29, 1.82) is 5.41 Å². The van der Waals surface area contributed by atoms with Crippen LogP contribution in [0.15, 0.2) is 58.1 Å². The number of carbonyl (C=O) groups excluding carboxylic acids is 1. The molecule has 2 heterocycles. The number of benzene rings is 2. The lowest BCUT2D eigenvalue weighted by Gasteiger charge is -2.20. The van der Waals surface area contributed by atoms with Crippen LogP contribution in [-0.2, 0) is 4.79 Å². The summed E-state index contributed by atoms with van der Waals surface area (Å²) in [4.78, 5) is 16.8. The number of ether oxygens (including phenoxy) is 3. The first-order valence-electron chi connectivity index (χ1n) is 11.3. The summed E-state index contributed by atoms with van der Waals surface area (Å²) in [7, 11) is 1.55. The van der Waals surface area contributed by atoms with Crippen LogP contribution in [-0.4, -0.2) is 47.3 Å². The first-order valence-corrected chi connectivity index (χ1v) is 12.1. The molecule has 0 bridgehead atoms. The van der Waals surface area contributed by atoms with Crippen molar-refractivity contribution in [3.63, 3.8) is 0 Å². The predicted molar refractivity (Wildman–Crippen MR) is 140 cm³/mol. The van der Waals surface area contributed by atoms with Gasteiger partial charge in [0.1, 0.15) is 24.0 Å². The Hall–Kier alpha value is -3.59. The molecule has 8 nitrogen and oxygen atoms in total. The van der Waals surface area contributed by atoms with E-state index < -0.39 is 5.91 Å². The van der Waals surface area contributed by atoms with Crippen molar-refractivity contribution in [2.45, 2.75) is 27.2 Å². The van der Waals surface area contributed by atoms with Gasteiger partial charge in [-0.1, -0.05) is 32.0 Å². The molecular formula is C26H28N4O4S. The molecule has 0 saturated carbocycles. The molecule has 0 radical (unpaired) electrons. The molecule has 0 aromatic heterocycles. The average molecular weight is 493 g/mol. The standard InChI is InChI=1S/C26H28N4O4S/c1-16(2)12-23-29-30-24(27)20(25(31)28-26(30)35-23)14-18-8-9-21(22(15-18)32-4)34-11-10-33-19-7-5-6-17(3)13-19/h5-9,13-16,27H,10-12H2,1-4H3. The summed E-state index contributed by atoms with van der Waals surface area (Å²) in [6, 6.07) is 13.2. The van der Waals surface area contributed by atoms with Crippen LogP contribution in [0.5, 0.6) is 17.2 Å². The van der Waals surface area contributed by atoms with E-state index in [0.717, 1.165) is 22.8 Å². The molecule has 0 spiro atoms. The predicted octanol–water partition coefficient (Wildman–Crippen LogP) is 5.13. The molecule has 2 aromatic rings. The van der Waals surface area contributed by atoms with E-state index in [-0.39, 0.29) is 11.4 Å². The van der Waals surface area contributed by atoms with Crippen LogP contribution in [0.1, 0.15) is 31.4 Å². The number of carbonyl (C=O) groups is 1. The fourth-order valence-electron chi connectivity index (χ4n) is 3.54. The SMILES string of the molecule is COc1cc(C=C2C(=N)N3N=C(CC(C)C)SC3=NC2=O)ccc1OCCOc1cccc(C)c1. The third-order valence-electron chi connectivity index (χ3n) is 5.18. The zero-order chi connectivity index (χ0) is 24.9. The maximum atomic E-state index is 12.7. The van der Waals surface area contributed by atoms with Crippen LogP contribution in [0.4, 0.5) is 0 Å². The van der Waals surface area contributed by atoms with E-state index in [0.29, 0.717) is 41.4 Å². The normalized spacial score (nSPS) is 16.4. The maximum absolute atomic E-state index is 12.7. The number of methoxy groups -OCH3 is 1. The third kappa shape index (κ3) is 5.92. The van der Waals surface area contributed by atoms with Crippen LogP contribution >= 0.6 is 11.8 Å². The number of fused-ring (bicyclic) bond motifs is 1. The van der Waals surface area contributed by atoms with Gasteiger partial charge in [0.15, 0.2) is 17.3 Å². The van der Waals surface area contributed by atoms with Gasteiger partial charge in [-0.05, 0) is 66.1 Å². The molecule has 2 aliphatic rings. The second-order valence-corrected chi connectivity index (χ2v) is 9.58. The third-order valence-corrected chi connectivity index (χ3v) is 6.11. The number of hydrazone groups is 1. The van der Waals surface area contributed by atoms with Crippen molar-refractivity contribution >= 4 is 39.8 Å². The second kappa shape index (κ2) is 10.8. The van der Waals surface area contributed by atoms with Gasteiger partial charge in [0.2, 0.25) is 5.17 Å². The van der Waals surface area contributed by atoms with E-state index in [4.69, 9.17) is 19.6 Å². The van der Waals surface area contributed by atoms with Gasteiger partial charge >= 0.3 is 0 Å². The van der Waals surface area contributed by atoms with Crippen molar-refractivity contribution in [1.82, 2.24) is 5.01 Å².